The molecule has 1 fully saturated rings. The lowest BCUT2D eigenvalue weighted by molar-refractivity contribution is -0.125. The largest absolute Gasteiger partial charge is 0.493 e. The van der Waals surface area contributed by atoms with Gasteiger partial charge in [-0.3, -0.25) is 14.5 Å². The summed E-state index contributed by atoms with van der Waals surface area (Å²) in [4.78, 5) is 35.2. The van der Waals surface area contributed by atoms with Gasteiger partial charge in [0.25, 0.3) is 5.91 Å². The Morgan fingerprint density at radius 1 is 1.19 bits per heavy atom. The van der Waals surface area contributed by atoms with Crippen molar-refractivity contribution in [3.05, 3.63) is 71.8 Å². The van der Waals surface area contributed by atoms with E-state index in [-0.39, 0.29) is 43.7 Å². The van der Waals surface area contributed by atoms with Crippen molar-refractivity contribution in [2.24, 2.45) is 0 Å². The normalized spacial score (nSPS) is 20.0. The predicted molar refractivity (Wildman–Crippen MR) is 160 cm³/mol. The first kappa shape index (κ1) is 30.5. The van der Waals surface area contributed by atoms with Crippen LogP contribution in [0.25, 0.3) is 0 Å². The molecule has 4 bridgehead atoms. The Hall–Kier alpha value is -3.93. The fourth-order valence-electron chi connectivity index (χ4n) is 5.67. The summed E-state index contributed by atoms with van der Waals surface area (Å²) in [7, 11) is 1.54. The SMILES string of the molecule is COc1ccc2cc1Oc1cccc(c1)CO[C@H]1CCN(Cc3cncn3C(C)C)C[C@@H]1NC(=O)CN(CCCO)C2=O. The fourth-order valence-corrected chi connectivity index (χ4v) is 5.67. The molecule has 0 radical (unpaired) electrons. The number of aromatic nitrogens is 2. The van der Waals surface area contributed by atoms with E-state index in [9.17, 15) is 14.7 Å². The first-order valence-corrected chi connectivity index (χ1v) is 14.8. The highest BCUT2D eigenvalue weighted by molar-refractivity contribution is 5.97. The van der Waals surface area contributed by atoms with Crippen molar-refractivity contribution in [2.45, 2.75) is 58.0 Å². The van der Waals surface area contributed by atoms with Crippen LogP contribution in [-0.4, -0.2) is 88.3 Å². The minimum absolute atomic E-state index is 0.0980. The Balaban J connectivity index is 1.43. The van der Waals surface area contributed by atoms with Crippen LogP contribution in [0.2, 0.25) is 0 Å². The topological polar surface area (TPSA) is 118 Å². The minimum Gasteiger partial charge on any atom is -0.493 e. The van der Waals surface area contributed by atoms with Crippen molar-refractivity contribution in [3.8, 4) is 17.2 Å². The third kappa shape index (κ3) is 7.54. The summed E-state index contributed by atoms with van der Waals surface area (Å²) in [5, 5.41) is 12.7. The molecule has 2 aromatic carbocycles. The molecule has 0 aliphatic carbocycles. The molecule has 2 atom stereocenters. The van der Waals surface area contributed by atoms with Crippen LogP contribution >= 0.6 is 0 Å². The molecule has 0 spiro atoms. The number of nitrogens with zero attached hydrogens (tertiary/aromatic N) is 4. The van der Waals surface area contributed by atoms with E-state index in [0.717, 1.165) is 24.2 Å². The first-order valence-electron chi connectivity index (χ1n) is 14.8. The second-order valence-corrected chi connectivity index (χ2v) is 11.4. The maximum atomic E-state index is 13.7. The number of imidazole rings is 1. The number of hydrogen-bond donors (Lipinski definition) is 2. The Kier molecular flexibility index (Phi) is 9.96. The summed E-state index contributed by atoms with van der Waals surface area (Å²) < 4.78 is 20.3. The fraction of sp³-hybridized carbons (Fsp3) is 0.469. The van der Waals surface area contributed by atoms with Gasteiger partial charge in [0.05, 0.1) is 44.4 Å². The van der Waals surface area contributed by atoms with Crippen LogP contribution in [0.15, 0.2) is 55.0 Å². The van der Waals surface area contributed by atoms with Crippen LogP contribution in [-0.2, 0) is 22.7 Å². The van der Waals surface area contributed by atoms with Crippen LogP contribution in [0.5, 0.6) is 17.2 Å². The zero-order chi connectivity index (χ0) is 30.3. The number of carbonyl (C=O) groups is 2. The molecule has 11 nitrogen and oxygen atoms in total. The van der Waals surface area contributed by atoms with Crippen molar-refractivity contribution in [1.82, 2.24) is 24.7 Å². The minimum atomic E-state index is -0.336. The maximum absolute atomic E-state index is 13.7. The summed E-state index contributed by atoms with van der Waals surface area (Å²) >= 11 is 0. The number of rotatable bonds is 7. The molecule has 2 amide bonds. The van der Waals surface area contributed by atoms with Gasteiger partial charge in [-0.2, -0.15) is 0 Å². The average molecular weight is 592 g/mol. The second kappa shape index (κ2) is 14.0. The van der Waals surface area contributed by atoms with E-state index < -0.39 is 0 Å². The van der Waals surface area contributed by atoms with Crippen LogP contribution in [0.3, 0.4) is 0 Å². The van der Waals surface area contributed by atoms with Gasteiger partial charge in [0.1, 0.15) is 5.75 Å². The van der Waals surface area contributed by atoms with Gasteiger partial charge in [-0.1, -0.05) is 12.1 Å². The van der Waals surface area contributed by atoms with Crippen molar-refractivity contribution >= 4 is 11.8 Å². The van der Waals surface area contributed by atoms with Crippen LogP contribution in [0.1, 0.15) is 54.3 Å². The van der Waals surface area contributed by atoms with Crippen molar-refractivity contribution in [1.29, 1.82) is 0 Å². The molecular weight excluding hydrogens is 550 g/mol. The van der Waals surface area contributed by atoms with E-state index in [4.69, 9.17) is 14.2 Å². The Labute approximate surface area is 252 Å². The van der Waals surface area contributed by atoms with E-state index in [1.165, 1.54) is 4.90 Å². The molecule has 2 aliphatic rings. The number of likely N-dealkylation sites (tertiary alicyclic amines) is 1. The number of nitrogens with one attached hydrogen (secondary N) is 1. The van der Waals surface area contributed by atoms with Crippen molar-refractivity contribution in [3.63, 3.8) is 0 Å². The highest BCUT2D eigenvalue weighted by Crippen LogP contribution is 2.33. The van der Waals surface area contributed by atoms with Crippen LogP contribution in [0, 0.1) is 0 Å². The number of aliphatic hydroxyl groups excluding tert-OH is 1. The van der Waals surface area contributed by atoms with Gasteiger partial charge in [0.15, 0.2) is 11.5 Å². The Morgan fingerprint density at radius 2 is 2.05 bits per heavy atom. The van der Waals surface area contributed by atoms with E-state index in [1.807, 2.05) is 36.8 Å². The van der Waals surface area contributed by atoms with Crippen molar-refractivity contribution in [2.75, 3.05) is 39.9 Å². The number of carbonyl (C=O) groups excluding carboxylic acids is 2. The molecule has 230 valence electrons. The third-order valence-corrected chi connectivity index (χ3v) is 7.88. The van der Waals surface area contributed by atoms with Gasteiger partial charge in [-0.05, 0) is 62.6 Å². The molecule has 0 saturated carbocycles. The zero-order valence-electron chi connectivity index (χ0n) is 25.1. The number of aliphatic hydroxyl groups is 1. The molecule has 3 heterocycles. The number of piperidine rings is 1. The number of fused-ring (bicyclic) bond motifs is 5. The van der Waals surface area contributed by atoms with Crippen LogP contribution in [0.4, 0.5) is 0 Å². The summed E-state index contributed by atoms with van der Waals surface area (Å²) in [6.45, 7) is 6.69. The number of amides is 2. The Morgan fingerprint density at radius 3 is 2.84 bits per heavy atom. The summed E-state index contributed by atoms with van der Waals surface area (Å²) in [5.74, 6) is 0.839. The van der Waals surface area contributed by atoms with Gasteiger partial charge >= 0.3 is 0 Å². The highest BCUT2D eigenvalue weighted by Gasteiger charge is 2.33. The molecule has 0 unspecified atom stereocenters. The monoisotopic (exact) mass is 591 g/mol. The number of ether oxygens (including phenoxy) is 3. The van der Waals surface area contributed by atoms with Gasteiger partial charge in [0.2, 0.25) is 5.91 Å². The molecule has 2 aliphatic heterocycles. The van der Waals surface area contributed by atoms with Crippen molar-refractivity contribution < 1.29 is 28.9 Å². The molecule has 11 heteroatoms. The quantitative estimate of drug-likeness (QED) is 0.430. The lowest BCUT2D eigenvalue weighted by Crippen LogP contribution is -2.57. The Bertz CT molecular complexity index is 1410. The van der Waals surface area contributed by atoms with Gasteiger partial charge < -0.3 is 34.1 Å². The van der Waals surface area contributed by atoms with Gasteiger partial charge in [-0.25, -0.2) is 4.98 Å². The summed E-state index contributed by atoms with van der Waals surface area (Å²) in [5.41, 5.74) is 2.40. The highest BCUT2D eigenvalue weighted by atomic mass is 16.5. The molecular formula is C32H41N5O6. The number of benzene rings is 2. The number of hydrogen-bond acceptors (Lipinski definition) is 8. The second-order valence-electron chi connectivity index (χ2n) is 11.4. The lowest BCUT2D eigenvalue weighted by Gasteiger charge is -2.39. The van der Waals surface area contributed by atoms with E-state index in [0.29, 0.717) is 55.0 Å². The molecule has 1 saturated heterocycles. The summed E-state index contributed by atoms with van der Waals surface area (Å²) in [6, 6.07) is 12.6. The molecule has 5 rings (SSSR count). The van der Waals surface area contributed by atoms with Gasteiger partial charge in [-0.15, -0.1) is 0 Å². The first-order chi connectivity index (χ1) is 20.8. The summed E-state index contributed by atoms with van der Waals surface area (Å²) in [6.07, 6.45) is 4.60. The molecule has 43 heavy (non-hydrogen) atoms. The standard InChI is InChI=1S/C32H41N5O6/c1-22(2)37-21-33-16-25(37)17-35-12-10-28-27(18-35)34-31(39)19-36(11-5-13-38)32(40)24-8-9-29(41-3)30(15-24)43-26-7-4-6-23(14-26)20-42-28/h4,6-9,14-16,21-22,27-28,38H,5,10-13,17-20H2,1-3H3,(H,34,39)/t27-,28-/m0/s1. The zero-order valence-corrected chi connectivity index (χ0v) is 25.1. The third-order valence-electron chi connectivity index (χ3n) is 7.88. The molecule has 1 aromatic heterocycles. The smallest absolute Gasteiger partial charge is 0.254 e. The predicted octanol–water partition coefficient (Wildman–Crippen LogP) is 3.38. The van der Waals surface area contributed by atoms with Crippen LogP contribution < -0.4 is 14.8 Å². The van der Waals surface area contributed by atoms with E-state index in [1.54, 1.807) is 25.3 Å². The van der Waals surface area contributed by atoms with Gasteiger partial charge in [0, 0.05) is 50.6 Å². The van der Waals surface area contributed by atoms with E-state index >= 15 is 0 Å². The van der Waals surface area contributed by atoms with E-state index in [2.05, 4.69) is 33.6 Å². The maximum Gasteiger partial charge on any atom is 0.254 e. The molecule has 2 N–H and O–H groups in total. The average Bonchev–Trinajstić information content (AvgIpc) is 3.47. The lowest BCUT2D eigenvalue weighted by atomic mass is 10.0. The number of methoxy groups -OCH3 is 1. The molecule has 3 aromatic rings.